The molecule has 0 amide bonds. The van der Waals surface area contributed by atoms with Crippen LogP contribution in [0.5, 0.6) is 0 Å². The van der Waals surface area contributed by atoms with E-state index < -0.39 is 0 Å². The van der Waals surface area contributed by atoms with E-state index in [0.717, 1.165) is 23.7 Å². The van der Waals surface area contributed by atoms with E-state index in [1.165, 1.54) is 24.0 Å². The van der Waals surface area contributed by atoms with Crippen molar-refractivity contribution in [3.05, 3.63) is 43.8 Å². The van der Waals surface area contributed by atoms with Crippen molar-refractivity contribution in [2.45, 2.75) is 80.1 Å². The summed E-state index contributed by atoms with van der Waals surface area (Å²) in [4.78, 5) is 3.15. The third kappa shape index (κ3) is 7.11. The first kappa shape index (κ1) is 21.4. The quantitative estimate of drug-likeness (QED) is 0.482. The predicted octanol–water partition coefficient (Wildman–Crippen LogP) is 8.41. The number of rotatable bonds is 6. The molecule has 0 radical (unpaired) electrons. The van der Waals surface area contributed by atoms with E-state index in [0.29, 0.717) is 0 Å². The molecule has 24 heavy (non-hydrogen) atoms. The molecule has 0 aromatic carbocycles. The van der Waals surface area contributed by atoms with Gasteiger partial charge in [0.05, 0.1) is 0 Å². The van der Waals surface area contributed by atoms with E-state index >= 15 is 0 Å². The Morgan fingerprint density at radius 3 is 1.21 bits per heavy atom. The van der Waals surface area contributed by atoms with Gasteiger partial charge in [-0.1, -0.05) is 41.5 Å². The fraction of sp³-hybridized carbons (Fsp3) is 0.636. The zero-order chi connectivity index (χ0) is 18.3. The van der Waals surface area contributed by atoms with Crippen molar-refractivity contribution in [1.29, 1.82) is 0 Å². The van der Waals surface area contributed by atoms with Gasteiger partial charge in [0, 0.05) is 9.75 Å². The molecule has 0 aliphatic carbocycles. The van der Waals surface area contributed by atoms with Gasteiger partial charge in [-0.15, -0.1) is 22.7 Å². The number of aryl methyl sites for hydroxylation is 2. The maximum Gasteiger partial charge on any atom is 0.0103 e. The Morgan fingerprint density at radius 1 is 0.667 bits per heavy atom. The van der Waals surface area contributed by atoms with Crippen molar-refractivity contribution in [2.75, 3.05) is 0 Å². The van der Waals surface area contributed by atoms with Crippen molar-refractivity contribution in [2.24, 2.45) is 11.8 Å². The van der Waals surface area contributed by atoms with Gasteiger partial charge in [0.2, 0.25) is 0 Å². The van der Waals surface area contributed by atoms with Crippen LogP contribution in [0.3, 0.4) is 0 Å². The molecule has 2 unspecified atom stereocenters. The van der Waals surface area contributed by atoms with E-state index in [-0.39, 0.29) is 0 Å². The van der Waals surface area contributed by atoms with Crippen LogP contribution >= 0.6 is 22.7 Å². The number of hydrogen-bond acceptors (Lipinski definition) is 2. The topological polar surface area (TPSA) is 0 Å². The highest BCUT2D eigenvalue weighted by Crippen LogP contribution is 2.30. The van der Waals surface area contributed by atoms with Crippen LogP contribution in [-0.4, -0.2) is 0 Å². The van der Waals surface area contributed by atoms with Crippen molar-refractivity contribution < 1.29 is 0 Å². The van der Waals surface area contributed by atoms with Gasteiger partial charge in [-0.25, -0.2) is 0 Å². The van der Waals surface area contributed by atoms with Crippen LogP contribution in [0, 0.1) is 25.7 Å². The minimum atomic E-state index is 0.741. The second kappa shape index (κ2) is 10.4. The summed E-state index contributed by atoms with van der Waals surface area (Å²) in [7, 11) is 0. The molecule has 0 N–H and O–H groups in total. The predicted molar refractivity (Wildman–Crippen MR) is 114 cm³/mol. The lowest BCUT2D eigenvalue weighted by Crippen LogP contribution is -1.97. The first-order valence-corrected chi connectivity index (χ1v) is 11.1. The molecule has 0 aliphatic heterocycles. The van der Waals surface area contributed by atoms with E-state index in [4.69, 9.17) is 0 Å². The van der Waals surface area contributed by atoms with Gasteiger partial charge < -0.3 is 0 Å². The summed E-state index contributed by atoms with van der Waals surface area (Å²) in [5.74, 6) is 3.10. The van der Waals surface area contributed by atoms with E-state index in [2.05, 4.69) is 78.3 Å². The maximum atomic E-state index is 2.33. The summed E-state index contributed by atoms with van der Waals surface area (Å²) in [5, 5.41) is 4.39. The number of thiophene rings is 2. The van der Waals surface area contributed by atoms with Crippen molar-refractivity contribution >= 4 is 22.7 Å². The van der Waals surface area contributed by atoms with Crippen LogP contribution in [-0.2, 0) is 0 Å². The van der Waals surface area contributed by atoms with Gasteiger partial charge >= 0.3 is 0 Å². The molecule has 0 bridgehead atoms. The van der Waals surface area contributed by atoms with Gasteiger partial charge in [0.1, 0.15) is 0 Å². The van der Waals surface area contributed by atoms with Crippen LogP contribution in [0.2, 0.25) is 0 Å². The van der Waals surface area contributed by atoms with E-state index in [1.54, 1.807) is 9.75 Å². The molecule has 136 valence electrons. The van der Waals surface area contributed by atoms with Crippen molar-refractivity contribution in [1.82, 2.24) is 0 Å². The maximum absolute atomic E-state index is 2.33. The molecule has 0 aliphatic rings. The summed E-state index contributed by atoms with van der Waals surface area (Å²) in [6.45, 7) is 18.3. The summed E-state index contributed by atoms with van der Waals surface area (Å²) >= 11 is 3.80. The SMILES string of the molecule is Cc1ccsc1C(C)CC(C)C.Cc1ccsc1C(C)CC(C)C. The first-order valence-electron chi connectivity index (χ1n) is 9.30. The minimum Gasteiger partial charge on any atom is -0.148 e. The monoisotopic (exact) mass is 364 g/mol. The third-order valence-corrected chi connectivity index (χ3v) is 6.85. The highest BCUT2D eigenvalue weighted by molar-refractivity contribution is 7.10. The molecule has 0 nitrogen and oxygen atoms in total. The summed E-state index contributed by atoms with van der Waals surface area (Å²) in [6.07, 6.45) is 2.61. The highest BCUT2D eigenvalue weighted by atomic mass is 32.1. The van der Waals surface area contributed by atoms with Gasteiger partial charge in [-0.2, -0.15) is 0 Å². The average molecular weight is 365 g/mol. The smallest absolute Gasteiger partial charge is 0.0103 e. The second-order valence-electron chi connectivity index (χ2n) is 8.00. The summed E-state index contributed by atoms with van der Waals surface area (Å²) in [6, 6.07) is 4.44. The molecule has 2 aromatic rings. The van der Waals surface area contributed by atoms with Crippen LogP contribution < -0.4 is 0 Å². The molecule has 2 rings (SSSR count). The van der Waals surface area contributed by atoms with Crippen LogP contribution in [0.1, 0.15) is 87.1 Å². The highest BCUT2D eigenvalue weighted by Gasteiger charge is 2.11. The van der Waals surface area contributed by atoms with Gasteiger partial charge in [-0.05, 0) is 84.4 Å². The lowest BCUT2D eigenvalue weighted by molar-refractivity contribution is 0.527. The Kier molecular flexibility index (Phi) is 9.30. The molecule has 0 saturated carbocycles. The van der Waals surface area contributed by atoms with Crippen molar-refractivity contribution in [3.63, 3.8) is 0 Å². The molecule has 2 aromatic heterocycles. The lowest BCUT2D eigenvalue weighted by atomic mass is 9.96. The molecule has 2 atom stereocenters. The molecule has 0 spiro atoms. The molecule has 2 heterocycles. The molecule has 0 saturated heterocycles. The Labute approximate surface area is 158 Å². The molecular weight excluding hydrogens is 328 g/mol. The van der Waals surface area contributed by atoms with Crippen molar-refractivity contribution in [3.8, 4) is 0 Å². The zero-order valence-electron chi connectivity index (χ0n) is 16.8. The molecule has 2 heteroatoms. The second-order valence-corrected chi connectivity index (χ2v) is 9.89. The van der Waals surface area contributed by atoms with E-state index in [9.17, 15) is 0 Å². The Hall–Kier alpha value is -0.600. The summed E-state index contributed by atoms with van der Waals surface area (Å²) < 4.78 is 0. The van der Waals surface area contributed by atoms with Crippen LogP contribution in [0.4, 0.5) is 0 Å². The Morgan fingerprint density at radius 2 is 1.00 bits per heavy atom. The molecule has 0 fully saturated rings. The molecular formula is C22H36S2. The fourth-order valence-electron chi connectivity index (χ4n) is 3.41. The average Bonchev–Trinajstić information content (AvgIpc) is 3.06. The van der Waals surface area contributed by atoms with Crippen LogP contribution in [0.15, 0.2) is 22.9 Å². The fourth-order valence-corrected chi connectivity index (χ4v) is 5.41. The largest absolute Gasteiger partial charge is 0.148 e. The zero-order valence-corrected chi connectivity index (χ0v) is 18.5. The van der Waals surface area contributed by atoms with Gasteiger partial charge in [0.25, 0.3) is 0 Å². The summed E-state index contributed by atoms with van der Waals surface area (Å²) in [5.41, 5.74) is 2.93. The Bertz CT molecular complexity index is 522. The normalized spacial score (nSPS) is 13.8. The first-order chi connectivity index (χ1) is 11.2. The third-order valence-electron chi connectivity index (χ3n) is 4.35. The van der Waals surface area contributed by atoms with E-state index in [1.807, 2.05) is 22.7 Å². The standard InChI is InChI=1S/2C11H18S/c2*1-8(2)7-10(4)11-9(3)5-6-12-11/h2*5-6,8,10H,7H2,1-4H3. The minimum absolute atomic E-state index is 0.741. The van der Waals surface area contributed by atoms with Crippen LogP contribution in [0.25, 0.3) is 0 Å². The van der Waals surface area contributed by atoms with Gasteiger partial charge in [-0.3, -0.25) is 0 Å². The van der Waals surface area contributed by atoms with Gasteiger partial charge in [0.15, 0.2) is 0 Å². The lowest BCUT2D eigenvalue weighted by Gasteiger charge is -2.13. The number of hydrogen-bond donors (Lipinski definition) is 0. The Balaban J connectivity index is 0.000000240.